The summed E-state index contributed by atoms with van der Waals surface area (Å²) >= 11 is 5.89. The van der Waals surface area contributed by atoms with Gasteiger partial charge in [0.15, 0.2) is 11.5 Å². The van der Waals surface area contributed by atoms with Gasteiger partial charge in [-0.25, -0.2) is 4.79 Å². The van der Waals surface area contributed by atoms with E-state index in [0.29, 0.717) is 29.3 Å². The summed E-state index contributed by atoms with van der Waals surface area (Å²) in [6.07, 6.45) is -0.471. The van der Waals surface area contributed by atoms with Crippen molar-refractivity contribution in [2.75, 3.05) is 14.2 Å². The lowest BCUT2D eigenvalue weighted by Crippen LogP contribution is -2.46. The second-order valence-corrected chi connectivity index (χ2v) is 7.66. The molecule has 1 N–H and O–H groups in total. The molecule has 2 atom stereocenters. The maximum absolute atomic E-state index is 12.9. The largest absolute Gasteiger partial charge is 0.493 e. The first-order valence-corrected chi connectivity index (χ1v) is 10.1. The van der Waals surface area contributed by atoms with E-state index in [1.165, 1.54) is 19.1 Å². The molecular formula is C22H21ClN2O6. The van der Waals surface area contributed by atoms with Crippen LogP contribution in [0.1, 0.15) is 40.6 Å². The van der Waals surface area contributed by atoms with Gasteiger partial charge in [-0.15, -0.1) is 0 Å². The Morgan fingerprint density at radius 3 is 2.58 bits per heavy atom. The fourth-order valence-corrected chi connectivity index (χ4v) is 4.08. The summed E-state index contributed by atoms with van der Waals surface area (Å²) in [7, 11) is 2.89. The second kappa shape index (κ2) is 8.47. The molecule has 31 heavy (non-hydrogen) atoms. The number of methoxy groups -OCH3 is 2. The lowest BCUT2D eigenvalue weighted by Gasteiger charge is -2.29. The molecule has 4 rings (SSSR count). The van der Waals surface area contributed by atoms with E-state index in [4.69, 9.17) is 25.8 Å². The topological polar surface area (TPSA) is 94.2 Å². The highest BCUT2D eigenvalue weighted by Crippen LogP contribution is 2.45. The van der Waals surface area contributed by atoms with Crippen molar-refractivity contribution in [3.8, 4) is 11.5 Å². The molecule has 0 aromatic heterocycles. The number of ether oxygens (including phenoxy) is 3. The average Bonchev–Trinajstić information content (AvgIpc) is 3.32. The molecule has 2 heterocycles. The van der Waals surface area contributed by atoms with E-state index >= 15 is 0 Å². The molecule has 2 aromatic carbocycles. The van der Waals surface area contributed by atoms with Crippen LogP contribution in [0.4, 0.5) is 0 Å². The predicted molar refractivity (Wildman–Crippen MR) is 111 cm³/mol. The number of nitrogens with one attached hydrogen (secondary N) is 1. The van der Waals surface area contributed by atoms with Gasteiger partial charge in [0.05, 0.1) is 14.2 Å². The zero-order valence-electron chi connectivity index (χ0n) is 17.0. The van der Waals surface area contributed by atoms with Gasteiger partial charge >= 0.3 is 5.97 Å². The fourth-order valence-electron chi connectivity index (χ4n) is 3.95. The second-order valence-electron chi connectivity index (χ2n) is 7.22. The zero-order valence-corrected chi connectivity index (χ0v) is 17.8. The van der Waals surface area contributed by atoms with E-state index in [2.05, 4.69) is 5.32 Å². The Hall–Kier alpha value is -3.26. The highest BCUT2D eigenvalue weighted by Gasteiger charge is 2.47. The Morgan fingerprint density at radius 1 is 1.16 bits per heavy atom. The molecule has 8 nitrogen and oxygen atoms in total. The first-order valence-electron chi connectivity index (χ1n) is 9.73. The number of likely N-dealkylation sites (tertiary alicyclic amines) is 1. The van der Waals surface area contributed by atoms with Gasteiger partial charge < -0.3 is 19.5 Å². The van der Waals surface area contributed by atoms with Crippen LogP contribution < -0.4 is 14.8 Å². The van der Waals surface area contributed by atoms with Crippen molar-refractivity contribution < 1.29 is 28.6 Å². The number of rotatable bonds is 6. The molecule has 9 heteroatoms. The van der Waals surface area contributed by atoms with Gasteiger partial charge in [-0.05, 0) is 36.2 Å². The highest BCUT2D eigenvalue weighted by molar-refractivity contribution is 6.30. The van der Waals surface area contributed by atoms with Gasteiger partial charge in [-0.3, -0.25) is 14.5 Å². The minimum atomic E-state index is -0.997. The maximum Gasteiger partial charge on any atom is 0.344 e. The molecule has 0 aliphatic carbocycles. The summed E-state index contributed by atoms with van der Waals surface area (Å²) in [6, 6.07) is 9.65. The molecule has 1 saturated heterocycles. The summed E-state index contributed by atoms with van der Waals surface area (Å²) in [5, 5.41) is 3.46. The number of benzene rings is 2. The fraction of sp³-hybridized carbons (Fsp3) is 0.318. The monoisotopic (exact) mass is 444 g/mol. The SMILES string of the molecule is COc1ccc2c(c1OC)C(=O)O[C@H]2N1C(=O)CC[C@H]1C(=O)NCc1ccc(Cl)cc1. The number of halogens is 1. The van der Waals surface area contributed by atoms with E-state index in [9.17, 15) is 14.4 Å². The van der Waals surface area contributed by atoms with Gasteiger partial charge in [-0.2, -0.15) is 0 Å². The third-order valence-electron chi connectivity index (χ3n) is 5.46. The van der Waals surface area contributed by atoms with Gasteiger partial charge in [0.25, 0.3) is 0 Å². The van der Waals surface area contributed by atoms with Crippen molar-refractivity contribution in [1.82, 2.24) is 10.2 Å². The van der Waals surface area contributed by atoms with E-state index in [1.807, 2.05) is 12.1 Å². The van der Waals surface area contributed by atoms with Crippen LogP contribution in [0.15, 0.2) is 36.4 Å². The van der Waals surface area contributed by atoms with Crippen molar-refractivity contribution in [3.63, 3.8) is 0 Å². The van der Waals surface area contributed by atoms with Gasteiger partial charge in [0.1, 0.15) is 11.6 Å². The number of hydrogen-bond acceptors (Lipinski definition) is 6. The number of hydrogen-bond donors (Lipinski definition) is 1. The van der Waals surface area contributed by atoms with Crippen molar-refractivity contribution in [1.29, 1.82) is 0 Å². The molecule has 0 bridgehead atoms. The van der Waals surface area contributed by atoms with Crippen LogP contribution in [-0.4, -0.2) is 42.9 Å². The molecule has 2 aromatic rings. The van der Waals surface area contributed by atoms with Gasteiger partial charge in [0.2, 0.25) is 18.0 Å². The lowest BCUT2D eigenvalue weighted by molar-refractivity contribution is -0.145. The summed E-state index contributed by atoms with van der Waals surface area (Å²) < 4.78 is 16.1. The van der Waals surface area contributed by atoms with E-state index < -0.39 is 18.2 Å². The molecule has 0 spiro atoms. The summed E-state index contributed by atoms with van der Waals surface area (Å²) in [6.45, 7) is 0.292. The standard InChI is InChI=1S/C22H21ClN2O6/c1-29-16-9-7-14-18(19(16)30-2)22(28)31-21(14)25-15(8-10-17(25)26)20(27)24-11-12-3-5-13(23)6-4-12/h3-7,9,15,21H,8,10-11H2,1-2H3,(H,24,27)/t15-,21+/m0/s1. The van der Waals surface area contributed by atoms with Crippen LogP contribution in [0.2, 0.25) is 5.02 Å². The molecule has 2 aliphatic rings. The Morgan fingerprint density at radius 2 is 1.90 bits per heavy atom. The van der Waals surface area contributed by atoms with Gasteiger partial charge in [0, 0.05) is 23.6 Å². The minimum Gasteiger partial charge on any atom is -0.493 e. The molecular weight excluding hydrogens is 424 g/mol. The number of amides is 2. The zero-order chi connectivity index (χ0) is 22.1. The van der Waals surface area contributed by atoms with E-state index in [1.54, 1.807) is 24.3 Å². The van der Waals surface area contributed by atoms with E-state index in [0.717, 1.165) is 5.56 Å². The van der Waals surface area contributed by atoms with Crippen molar-refractivity contribution in [2.24, 2.45) is 0 Å². The first-order chi connectivity index (χ1) is 14.9. The lowest BCUT2D eigenvalue weighted by atomic mass is 10.1. The molecule has 2 amide bonds. The number of esters is 1. The minimum absolute atomic E-state index is 0.190. The van der Waals surface area contributed by atoms with Crippen LogP contribution in [0, 0.1) is 0 Å². The van der Waals surface area contributed by atoms with Crippen LogP contribution in [0.25, 0.3) is 0 Å². The Bertz CT molecular complexity index is 1040. The number of carbonyl (C=O) groups excluding carboxylic acids is 3. The highest BCUT2D eigenvalue weighted by atomic mass is 35.5. The molecule has 0 unspecified atom stereocenters. The molecule has 162 valence electrons. The summed E-state index contributed by atoms with van der Waals surface area (Å²) in [4.78, 5) is 39.5. The van der Waals surface area contributed by atoms with Crippen LogP contribution in [0.5, 0.6) is 11.5 Å². The van der Waals surface area contributed by atoms with Gasteiger partial charge in [-0.1, -0.05) is 23.7 Å². The number of fused-ring (bicyclic) bond motifs is 1. The first kappa shape index (κ1) is 21.0. The third kappa shape index (κ3) is 3.79. The Balaban J connectivity index is 1.57. The Kier molecular flexibility index (Phi) is 5.73. The Labute approximate surface area is 184 Å². The van der Waals surface area contributed by atoms with Crippen molar-refractivity contribution in [2.45, 2.75) is 31.7 Å². The normalized spacial score (nSPS) is 19.8. The number of cyclic esters (lactones) is 1. The molecule has 2 aliphatic heterocycles. The van der Waals surface area contributed by atoms with E-state index in [-0.39, 0.29) is 29.5 Å². The molecule has 0 saturated carbocycles. The number of nitrogens with zero attached hydrogens (tertiary/aromatic N) is 1. The van der Waals surface area contributed by atoms with Crippen LogP contribution >= 0.6 is 11.6 Å². The average molecular weight is 445 g/mol. The summed E-state index contributed by atoms with van der Waals surface area (Å²) in [5.74, 6) is -0.583. The van der Waals surface area contributed by atoms with Crippen LogP contribution in [-0.2, 0) is 20.9 Å². The van der Waals surface area contributed by atoms with Crippen molar-refractivity contribution >= 4 is 29.4 Å². The van der Waals surface area contributed by atoms with Crippen LogP contribution in [0.3, 0.4) is 0 Å². The number of carbonyl (C=O) groups is 3. The smallest absolute Gasteiger partial charge is 0.344 e. The maximum atomic E-state index is 12.9. The predicted octanol–water partition coefficient (Wildman–Crippen LogP) is 2.83. The third-order valence-corrected chi connectivity index (χ3v) is 5.71. The quantitative estimate of drug-likeness (QED) is 0.688. The molecule has 0 radical (unpaired) electrons. The molecule has 1 fully saturated rings. The van der Waals surface area contributed by atoms with Crippen molar-refractivity contribution in [3.05, 3.63) is 58.1 Å². The summed E-state index contributed by atoms with van der Waals surface area (Å²) in [5.41, 5.74) is 1.54.